The zero-order valence-corrected chi connectivity index (χ0v) is 24.1. The van der Waals surface area contributed by atoms with E-state index in [9.17, 15) is 14.4 Å². The summed E-state index contributed by atoms with van der Waals surface area (Å²) in [5.74, 6) is -0.513. The fourth-order valence-electron chi connectivity index (χ4n) is 5.29. The first kappa shape index (κ1) is 27.9. The molecule has 3 aromatic rings. The summed E-state index contributed by atoms with van der Waals surface area (Å²) in [5.41, 5.74) is 5.01. The first-order valence-corrected chi connectivity index (χ1v) is 14.2. The van der Waals surface area contributed by atoms with E-state index >= 15 is 0 Å². The molecule has 3 amide bonds. The fourth-order valence-corrected chi connectivity index (χ4v) is 5.96. The van der Waals surface area contributed by atoms with Crippen molar-refractivity contribution in [2.24, 2.45) is 5.92 Å². The van der Waals surface area contributed by atoms with Crippen molar-refractivity contribution >= 4 is 62.4 Å². The molecule has 40 heavy (non-hydrogen) atoms. The van der Waals surface area contributed by atoms with Gasteiger partial charge in [0.25, 0.3) is 0 Å². The predicted molar refractivity (Wildman–Crippen MR) is 159 cm³/mol. The second kappa shape index (κ2) is 11.8. The number of halogens is 2. The number of benzene rings is 2. The van der Waals surface area contributed by atoms with E-state index in [1.165, 1.54) is 0 Å². The van der Waals surface area contributed by atoms with Crippen LogP contribution in [0.25, 0.3) is 16.7 Å². The minimum atomic E-state index is -1.19. The van der Waals surface area contributed by atoms with E-state index in [2.05, 4.69) is 31.5 Å². The lowest BCUT2D eigenvalue weighted by atomic mass is 9.93. The van der Waals surface area contributed by atoms with Gasteiger partial charge in [-0.15, -0.1) is 0 Å². The number of pyridine rings is 1. The molecule has 0 saturated carbocycles. The highest BCUT2D eigenvalue weighted by Gasteiger charge is 2.30. The Hall–Kier alpha value is -3.69. The number of anilines is 2. The first-order chi connectivity index (χ1) is 19.2. The number of carbonyl (C=O) groups excluding carboxylic acids is 2. The number of amides is 3. The summed E-state index contributed by atoms with van der Waals surface area (Å²) in [7, 11) is 0. The molecule has 0 unspecified atom stereocenters. The van der Waals surface area contributed by atoms with Crippen LogP contribution in [0.15, 0.2) is 65.3 Å². The number of nitrogens with zero attached hydrogens (tertiary/aromatic N) is 2. The molecule has 0 spiro atoms. The van der Waals surface area contributed by atoms with Gasteiger partial charge in [0.15, 0.2) is 0 Å². The molecule has 2 bridgehead atoms. The largest absolute Gasteiger partial charge is 0.465 e. The maximum Gasteiger partial charge on any atom is 0.409 e. The van der Waals surface area contributed by atoms with E-state index in [-0.39, 0.29) is 23.8 Å². The minimum Gasteiger partial charge on any atom is -0.465 e. The van der Waals surface area contributed by atoms with Crippen LogP contribution in [0.3, 0.4) is 0 Å². The summed E-state index contributed by atoms with van der Waals surface area (Å²) in [6.45, 7) is 2.40. The quantitative estimate of drug-likeness (QED) is 0.282. The number of carboxylic acid groups (broad SMARTS) is 1. The number of carbonyl (C=O) groups is 3. The lowest BCUT2D eigenvalue weighted by Gasteiger charge is -2.34. The Labute approximate surface area is 245 Å². The van der Waals surface area contributed by atoms with Crippen LogP contribution in [0.5, 0.6) is 0 Å². The van der Waals surface area contributed by atoms with Crippen LogP contribution >= 0.6 is 27.5 Å². The molecule has 206 valence electrons. The molecular weight excluding hydrogens is 596 g/mol. The summed E-state index contributed by atoms with van der Waals surface area (Å²) in [6.07, 6.45) is 4.89. The van der Waals surface area contributed by atoms with Crippen molar-refractivity contribution in [1.29, 1.82) is 0 Å². The predicted octanol–water partition coefficient (Wildman–Crippen LogP) is 7.37. The molecule has 2 atom stereocenters. The Morgan fingerprint density at radius 1 is 1.12 bits per heavy atom. The van der Waals surface area contributed by atoms with Crippen LogP contribution in [0.1, 0.15) is 49.9 Å². The van der Waals surface area contributed by atoms with E-state index < -0.39 is 6.09 Å². The van der Waals surface area contributed by atoms with Gasteiger partial charge in [0.05, 0.1) is 17.4 Å². The Morgan fingerprint density at radius 3 is 2.73 bits per heavy atom. The second-order valence-corrected chi connectivity index (χ2v) is 11.4. The van der Waals surface area contributed by atoms with Gasteiger partial charge in [-0.2, -0.15) is 0 Å². The maximum absolute atomic E-state index is 13.5. The third-order valence-corrected chi connectivity index (χ3v) is 8.30. The van der Waals surface area contributed by atoms with Gasteiger partial charge in [-0.1, -0.05) is 46.9 Å². The Bertz CT molecular complexity index is 1530. The van der Waals surface area contributed by atoms with Crippen LogP contribution in [0.2, 0.25) is 5.02 Å². The van der Waals surface area contributed by atoms with E-state index in [1.807, 2.05) is 36.1 Å². The molecule has 8 nitrogen and oxygen atoms in total. The Balaban J connectivity index is 1.52. The van der Waals surface area contributed by atoms with E-state index in [4.69, 9.17) is 16.7 Å². The van der Waals surface area contributed by atoms with Crippen molar-refractivity contribution in [2.45, 2.75) is 38.6 Å². The molecule has 0 fully saturated rings. The molecule has 2 aliphatic heterocycles. The van der Waals surface area contributed by atoms with Crippen molar-refractivity contribution in [2.75, 3.05) is 17.2 Å². The standard InChI is InChI=1S/C30H28BrClN4O4/c1-17-3-2-4-27(36-12-10-19(14-28(36)37)23-15-20(32)5-8-24(23)31)26-13-18(9-11-33-26)22-7-6-21(34-30(39)40)16-25(22)35-29(17)38/h5-9,11,13-17,27,34H,2-4,10,12H2,1H3,(H,35,38)(H,39,40)/t17-,27+/m1/s1. The highest BCUT2D eigenvalue weighted by Crippen LogP contribution is 2.38. The fraction of sp³-hybridized carbons (Fsp3) is 0.267. The molecule has 0 radical (unpaired) electrons. The molecule has 10 heteroatoms. The van der Waals surface area contributed by atoms with E-state index in [1.54, 1.807) is 36.5 Å². The first-order valence-electron chi connectivity index (χ1n) is 13.1. The number of aromatic nitrogens is 1. The van der Waals surface area contributed by atoms with Gasteiger partial charge in [-0.25, -0.2) is 4.79 Å². The van der Waals surface area contributed by atoms with Crippen LogP contribution in [-0.4, -0.2) is 39.4 Å². The summed E-state index contributed by atoms with van der Waals surface area (Å²) in [6, 6.07) is 14.1. The summed E-state index contributed by atoms with van der Waals surface area (Å²) < 4.78 is 0.886. The van der Waals surface area contributed by atoms with Gasteiger partial charge in [0.1, 0.15) is 0 Å². The summed E-state index contributed by atoms with van der Waals surface area (Å²) in [4.78, 5) is 44.3. The number of nitrogens with one attached hydrogen (secondary N) is 2. The topological polar surface area (TPSA) is 112 Å². The third kappa shape index (κ3) is 6.05. The van der Waals surface area contributed by atoms with Gasteiger partial charge in [-0.05, 0) is 78.4 Å². The smallest absolute Gasteiger partial charge is 0.409 e. The van der Waals surface area contributed by atoms with Gasteiger partial charge in [0, 0.05) is 45.5 Å². The van der Waals surface area contributed by atoms with Crippen LogP contribution in [0.4, 0.5) is 16.2 Å². The highest BCUT2D eigenvalue weighted by atomic mass is 79.9. The molecule has 0 saturated heterocycles. The number of rotatable bonds is 3. The van der Waals surface area contributed by atoms with Crippen LogP contribution < -0.4 is 10.6 Å². The van der Waals surface area contributed by atoms with Gasteiger partial charge < -0.3 is 15.3 Å². The van der Waals surface area contributed by atoms with E-state index in [0.717, 1.165) is 38.9 Å². The van der Waals surface area contributed by atoms with Crippen molar-refractivity contribution in [3.05, 3.63) is 81.6 Å². The van der Waals surface area contributed by atoms with Crippen molar-refractivity contribution in [3.63, 3.8) is 0 Å². The average Bonchev–Trinajstić information content (AvgIpc) is 2.92. The zero-order valence-electron chi connectivity index (χ0n) is 21.8. The Kier molecular flexibility index (Phi) is 8.23. The molecular formula is C30H28BrClN4O4. The molecule has 3 heterocycles. The van der Waals surface area contributed by atoms with Crippen molar-refractivity contribution in [1.82, 2.24) is 9.88 Å². The summed E-state index contributed by atoms with van der Waals surface area (Å²) >= 11 is 9.80. The molecule has 2 aromatic carbocycles. The lowest BCUT2D eigenvalue weighted by Crippen LogP contribution is -2.38. The lowest BCUT2D eigenvalue weighted by molar-refractivity contribution is -0.129. The third-order valence-electron chi connectivity index (χ3n) is 7.38. The number of fused-ring (bicyclic) bond motifs is 4. The van der Waals surface area contributed by atoms with Crippen LogP contribution in [0, 0.1) is 5.92 Å². The highest BCUT2D eigenvalue weighted by molar-refractivity contribution is 9.10. The zero-order chi connectivity index (χ0) is 28.4. The molecule has 1 aromatic heterocycles. The Morgan fingerprint density at radius 2 is 1.95 bits per heavy atom. The normalized spacial score (nSPS) is 19.5. The SMILES string of the molecule is C[C@@H]1CCC[C@H](N2CCC(c3cc(Cl)ccc3Br)=CC2=O)c2cc(ccn2)-c2ccc(NC(=O)O)cc2NC1=O. The van der Waals surface area contributed by atoms with Crippen LogP contribution in [-0.2, 0) is 9.59 Å². The number of hydrogen-bond donors (Lipinski definition) is 3. The maximum atomic E-state index is 13.5. The molecule has 5 rings (SSSR count). The minimum absolute atomic E-state index is 0.0898. The van der Waals surface area contributed by atoms with Crippen molar-refractivity contribution < 1.29 is 19.5 Å². The molecule has 3 N–H and O–H groups in total. The van der Waals surface area contributed by atoms with Gasteiger partial charge in [0.2, 0.25) is 11.8 Å². The van der Waals surface area contributed by atoms with Gasteiger partial charge in [-0.3, -0.25) is 19.9 Å². The monoisotopic (exact) mass is 622 g/mol. The molecule has 2 aliphatic rings. The second-order valence-electron chi connectivity index (χ2n) is 10.1. The summed E-state index contributed by atoms with van der Waals surface area (Å²) in [5, 5.41) is 15.1. The van der Waals surface area contributed by atoms with E-state index in [0.29, 0.717) is 42.2 Å². The van der Waals surface area contributed by atoms with Crippen molar-refractivity contribution in [3.8, 4) is 11.1 Å². The average molecular weight is 624 g/mol. The van der Waals surface area contributed by atoms with Gasteiger partial charge >= 0.3 is 6.09 Å². The molecule has 0 aliphatic carbocycles. The number of hydrogen-bond acceptors (Lipinski definition) is 4.